The van der Waals surface area contributed by atoms with Crippen LogP contribution in [0.2, 0.25) is 0 Å². The molecule has 108 valence electrons. The summed E-state index contributed by atoms with van der Waals surface area (Å²) in [5.74, 6) is 1.26. The van der Waals surface area contributed by atoms with Crippen LogP contribution in [0.15, 0.2) is 0 Å². The maximum atomic E-state index is 11.7. The van der Waals surface area contributed by atoms with Crippen LogP contribution in [-0.2, 0) is 14.3 Å². The summed E-state index contributed by atoms with van der Waals surface area (Å²) in [6.45, 7) is 5.23. The van der Waals surface area contributed by atoms with Crippen molar-refractivity contribution >= 4 is 11.9 Å². The molecule has 2 N–H and O–H groups in total. The van der Waals surface area contributed by atoms with Gasteiger partial charge in [0.05, 0.1) is 13.7 Å². The predicted octanol–water partition coefficient (Wildman–Crippen LogP) is -0.793. The van der Waals surface area contributed by atoms with Crippen LogP contribution in [0, 0.1) is 11.8 Å². The highest BCUT2D eigenvalue weighted by Crippen LogP contribution is 2.25. The second kappa shape index (κ2) is 6.86. The molecule has 0 bridgehead atoms. The lowest BCUT2D eigenvalue weighted by molar-refractivity contribution is -0.140. The summed E-state index contributed by atoms with van der Waals surface area (Å²) in [5.41, 5.74) is 0. The van der Waals surface area contributed by atoms with E-state index in [2.05, 4.69) is 20.3 Å². The smallest absolute Gasteiger partial charge is 0.305 e. The van der Waals surface area contributed by atoms with Gasteiger partial charge in [-0.2, -0.15) is 0 Å². The van der Waals surface area contributed by atoms with Crippen molar-refractivity contribution in [1.82, 2.24) is 15.5 Å². The molecule has 0 aliphatic carbocycles. The molecule has 2 saturated heterocycles. The van der Waals surface area contributed by atoms with Crippen LogP contribution in [0.3, 0.4) is 0 Å². The molecule has 1 amide bonds. The second-order valence-electron chi connectivity index (χ2n) is 5.40. The molecule has 2 heterocycles. The van der Waals surface area contributed by atoms with E-state index >= 15 is 0 Å². The maximum absolute atomic E-state index is 11.7. The molecule has 2 atom stereocenters. The number of nitrogens with zero attached hydrogens (tertiary/aromatic N) is 1. The zero-order valence-electron chi connectivity index (χ0n) is 11.5. The van der Waals surface area contributed by atoms with Crippen molar-refractivity contribution in [2.45, 2.75) is 12.8 Å². The molecule has 6 heteroatoms. The molecule has 0 aromatic carbocycles. The Morgan fingerprint density at radius 2 is 2.00 bits per heavy atom. The van der Waals surface area contributed by atoms with Gasteiger partial charge in [-0.05, 0) is 31.3 Å². The van der Waals surface area contributed by atoms with Gasteiger partial charge in [0, 0.05) is 26.1 Å². The van der Waals surface area contributed by atoms with Gasteiger partial charge in [0.2, 0.25) is 5.91 Å². The number of carbonyl (C=O) groups is 2. The minimum Gasteiger partial charge on any atom is -0.469 e. The number of amides is 1. The van der Waals surface area contributed by atoms with Gasteiger partial charge in [0.25, 0.3) is 0 Å². The first-order chi connectivity index (χ1) is 9.19. The molecule has 0 unspecified atom stereocenters. The number of rotatable bonds is 6. The van der Waals surface area contributed by atoms with Crippen molar-refractivity contribution < 1.29 is 14.3 Å². The molecule has 0 radical (unpaired) electrons. The Kier molecular flexibility index (Phi) is 5.15. The zero-order valence-corrected chi connectivity index (χ0v) is 11.5. The third-order valence-corrected chi connectivity index (χ3v) is 3.94. The van der Waals surface area contributed by atoms with E-state index < -0.39 is 0 Å². The second-order valence-corrected chi connectivity index (χ2v) is 5.40. The van der Waals surface area contributed by atoms with Crippen LogP contribution in [0.25, 0.3) is 0 Å². The van der Waals surface area contributed by atoms with E-state index in [1.165, 1.54) is 7.11 Å². The summed E-state index contributed by atoms with van der Waals surface area (Å²) in [7, 11) is 1.38. The summed E-state index contributed by atoms with van der Waals surface area (Å²) in [5, 5.41) is 6.24. The van der Waals surface area contributed by atoms with Crippen molar-refractivity contribution in [2.75, 3.05) is 46.4 Å². The monoisotopic (exact) mass is 269 g/mol. The third kappa shape index (κ3) is 4.18. The minimum absolute atomic E-state index is 0.0535. The molecular formula is C13H23N3O3. The van der Waals surface area contributed by atoms with Crippen molar-refractivity contribution in [3.8, 4) is 0 Å². The molecule has 6 nitrogen and oxygen atoms in total. The van der Waals surface area contributed by atoms with Crippen LogP contribution >= 0.6 is 0 Å². The number of nitrogens with one attached hydrogen (secondary N) is 2. The number of hydrogen-bond acceptors (Lipinski definition) is 5. The highest BCUT2D eigenvalue weighted by atomic mass is 16.5. The molecular weight excluding hydrogens is 246 g/mol. The minimum atomic E-state index is -0.228. The molecule has 2 aliphatic rings. The molecule has 2 aliphatic heterocycles. The van der Waals surface area contributed by atoms with Crippen LogP contribution in [-0.4, -0.2) is 63.2 Å². The fourth-order valence-electron chi connectivity index (χ4n) is 2.90. The zero-order chi connectivity index (χ0) is 13.7. The number of fused-ring (bicyclic) bond motifs is 1. The Balaban J connectivity index is 1.56. The van der Waals surface area contributed by atoms with Gasteiger partial charge < -0.3 is 15.4 Å². The van der Waals surface area contributed by atoms with E-state index in [9.17, 15) is 9.59 Å². The van der Waals surface area contributed by atoms with Crippen molar-refractivity contribution in [3.63, 3.8) is 0 Å². The first kappa shape index (κ1) is 14.3. The molecule has 2 fully saturated rings. The first-order valence-corrected chi connectivity index (χ1v) is 6.95. The third-order valence-electron chi connectivity index (χ3n) is 3.94. The Bertz CT molecular complexity index is 323. The van der Waals surface area contributed by atoms with Gasteiger partial charge in [-0.1, -0.05) is 0 Å². The Morgan fingerprint density at radius 3 is 2.63 bits per heavy atom. The van der Waals surface area contributed by atoms with E-state index in [4.69, 9.17) is 0 Å². The molecule has 0 aromatic heterocycles. The molecule has 0 saturated carbocycles. The predicted molar refractivity (Wildman–Crippen MR) is 70.5 cm³/mol. The quantitative estimate of drug-likeness (QED) is 0.488. The van der Waals surface area contributed by atoms with Gasteiger partial charge in [0.1, 0.15) is 0 Å². The fraction of sp³-hybridized carbons (Fsp3) is 0.846. The highest BCUT2D eigenvalue weighted by molar-refractivity contribution is 5.78. The number of hydrogen-bond donors (Lipinski definition) is 2. The SMILES string of the molecule is COC(=O)CCCNC(=O)CN1C[C@H]2CNC[C@H]2C1. The van der Waals surface area contributed by atoms with Crippen molar-refractivity contribution in [3.05, 3.63) is 0 Å². The summed E-state index contributed by atoms with van der Waals surface area (Å²) < 4.78 is 4.54. The highest BCUT2D eigenvalue weighted by Gasteiger charge is 2.36. The summed E-state index contributed by atoms with van der Waals surface area (Å²) >= 11 is 0. The summed E-state index contributed by atoms with van der Waals surface area (Å²) in [4.78, 5) is 24.9. The Morgan fingerprint density at radius 1 is 1.32 bits per heavy atom. The topological polar surface area (TPSA) is 70.7 Å². The van der Waals surface area contributed by atoms with Gasteiger partial charge in [-0.15, -0.1) is 0 Å². The molecule has 0 aromatic rings. The average Bonchev–Trinajstić information content (AvgIpc) is 2.95. The van der Waals surface area contributed by atoms with Gasteiger partial charge in [-0.25, -0.2) is 0 Å². The van der Waals surface area contributed by atoms with Gasteiger partial charge in [0.15, 0.2) is 0 Å². The van der Waals surface area contributed by atoms with E-state index in [0.717, 1.165) is 26.2 Å². The normalized spacial score (nSPS) is 26.2. The van der Waals surface area contributed by atoms with Crippen molar-refractivity contribution in [2.24, 2.45) is 11.8 Å². The number of ether oxygens (including phenoxy) is 1. The van der Waals surface area contributed by atoms with E-state index in [-0.39, 0.29) is 11.9 Å². The van der Waals surface area contributed by atoms with Gasteiger partial charge >= 0.3 is 5.97 Å². The van der Waals surface area contributed by atoms with Crippen LogP contribution < -0.4 is 10.6 Å². The van der Waals surface area contributed by atoms with Gasteiger partial charge in [-0.3, -0.25) is 14.5 Å². The molecule has 2 rings (SSSR count). The lowest BCUT2D eigenvalue weighted by atomic mass is 10.0. The number of likely N-dealkylation sites (tertiary alicyclic amines) is 1. The average molecular weight is 269 g/mol. The Hall–Kier alpha value is -1.14. The maximum Gasteiger partial charge on any atom is 0.305 e. The van der Waals surface area contributed by atoms with E-state index in [0.29, 0.717) is 37.8 Å². The van der Waals surface area contributed by atoms with Crippen LogP contribution in [0.1, 0.15) is 12.8 Å². The lowest BCUT2D eigenvalue weighted by Gasteiger charge is -2.16. The molecule has 19 heavy (non-hydrogen) atoms. The van der Waals surface area contributed by atoms with Crippen molar-refractivity contribution in [1.29, 1.82) is 0 Å². The fourth-order valence-corrected chi connectivity index (χ4v) is 2.90. The van der Waals surface area contributed by atoms with Crippen LogP contribution in [0.5, 0.6) is 0 Å². The number of methoxy groups -OCH3 is 1. The summed E-state index contributed by atoms with van der Waals surface area (Å²) in [6, 6.07) is 0. The molecule has 0 spiro atoms. The number of carbonyl (C=O) groups excluding carboxylic acids is 2. The lowest BCUT2D eigenvalue weighted by Crippen LogP contribution is -2.37. The van der Waals surface area contributed by atoms with Crippen LogP contribution in [0.4, 0.5) is 0 Å². The number of esters is 1. The standard InChI is InChI=1S/C13H23N3O3/c1-19-13(18)3-2-4-15-12(17)9-16-7-10-5-14-6-11(10)8-16/h10-11,14H,2-9H2,1H3,(H,15,17)/t10-,11+. The first-order valence-electron chi connectivity index (χ1n) is 6.95. The summed E-state index contributed by atoms with van der Waals surface area (Å²) in [6.07, 6.45) is 0.990. The Labute approximate surface area is 113 Å². The van der Waals surface area contributed by atoms with E-state index in [1.807, 2.05) is 0 Å². The largest absolute Gasteiger partial charge is 0.469 e. The van der Waals surface area contributed by atoms with E-state index in [1.54, 1.807) is 0 Å².